The summed E-state index contributed by atoms with van der Waals surface area (Å²) < 4.78 is 0. The maximum atomic E-state index is 12.7. The quantitative estimate of drug-likeness (QED) is 0.916. The predicted molar refractivity (Wildman–Crippen MR) is 80.1 cm³/mol. The number of benzene rings is 1. The van der Waals surface area contributed by atoms with E-state index < -0.39 is 11.9 Å². The molecule has 1 atom stereocenters. The molecule has 0 bridgehead atoms. The molecule has 0 radical (unpaired) electrons. The van der Waals surface area contributed by atoms with Crippen LogP contribution in [0.25, 0.3) is 10.9 Å². The van der Waals surface area contributed by atoms with E-state index in [2.05, 4.69) is 4.98 Å². The summed E-state index contributed by atoms with van der Waals surface area (Å²) in [5, 5.41) is 9.79. The van der Waals surface area contributed by atoms with Crippen LogP contribution in [-0.4, -0.2) is 40.0 Å². The van der Waals surface area contributed by atoms with Gasteiger partial charge in [-0.2, -0.15) is 0 Å². The van der Waals surface area contributed by atoms with Gasteiger partial charge in [0, 0.05) is 24.7 Å². The molecule has 2 aromatic rings. The number of fused-ring (bicyclic) bond motifs is 1. The van der Waals surface area contributed by atoms with Crippen LogP contribution in [0.15, 0.2) is 36.5 Å². The van der Waals surface area contributed by atoms with Crippen LogP contribution in [0.1, 0.15) is 24.2 Å². The summed E-state index contributed by atoms with van der Waals surface area (Å²) in [6, 6.07) is 9.11. The number of aliphatic carboxylic acids is 1. The lowest BCUT2D eigenvalue weighted by atomic mass is 10.1. The Kier molecular flexibility index (Phi) is 4.52. The van der Waals surface area contributed by atoms with Crippen LogP contribution in [0, 0.1) is 5.92 Å². The van der Waals surface area contributed by atoms with Crippen molar-refractivity contribution in [2.75, 3.05) is 13.1 Å². The van der Waals surface area contributed by atoms with Crippen LogP contribution >= 0.6 is 0 Å². The maximum Gasteiger partial charge on any atom is 0.308 e. The Morgan fingerprint density at radius 1 is 1.29 bits per heavy atom. The van der Waals surface area contributed by atoms with Crippen molar-refractivity contribution in [1.29, 1.82) is 0 Å². The minimum atomic E-state index is -0.902. The van der Waals surface area contributed by atoms with Gasteiger partial charge in [0.25, 0.3) is 5.91 Å². The second-order valence-corrected chi connectivity index (χ2v) is 4.96. The molecule has 1 unspecified atom stereocenters. The molecule has 5 nitrogen and oxygen atoms in total. The van der Waals surface area contributed by atoms with Crippen molar-refractivity contribution in [3.05, 3.63) is 42.1 Å². The van der Waals surface area contributed by atoms with Gasteiger partial charge in [-0.15, -0.1) is 0 Å². The Hall–Kier alpha value is -2.43. The van der Waals surface area contributed by atoms with E-state index in [9.17, 15) is 9.59 Å². The largest absolute Gasteiger partial charge is 0.481 e. The zero-order chi connectivity index (χ0) is 15.4. The Bertz CT molecular complexity index is 664. The lowest BCUT2D eigenvalue weighted by Gasteiger charge is -2.23. The summed E-state index contributed by atoms with van der Waals surface area (Å²) in [6.07, 6.45) is 1.60. The Balaban J connectivity index is 2.34. The number of rotatable bonds is 5. The molecule has 0 saturated heterocycles. The van der Waals surface area contributed by atoms with Gasteiger partial charge < -0.3 is 10.0 Å². The van der Waals surface area contributed by atoms with Gasteiger partial charge in [0.1, 0.15) is 0 Å². The maximum absolute atomic E-state index is 12.7. The van der Waals surface area contributed by atoms with E-state index in [1.54, 1.807) is 24.1 Å². The average Bonchev–Trinajstić information content (AvgIpc) is 2.51. The van der Waals surface area contributed by atoms with Gasteiger partial charge in [0.15, 0.2) is 0 Å². The molecule has 0 fully saturated rings. The highest BCUT2D eigenvalue weighted by Crippen LogP contribution is 2.18. The number of aromatic nitrogens is 1. The first-order valence-corrected chi connectivity index (χ1v) is 6.90. The number of amides is 1. The smallest absolute Gasteiger partial charge is 0.308 e. The van der Waals surface area contributed by atoms with E-state index in [1.807, 2.05) is 31.2 Å². The fourth-order valence-corrected chi connectivity index (χ4v) is 2.22. The summed E-state index contributed by atoms with van der Waals surface area (Å²) >= 11 is 0. The molecule has 0 aliphatic heterocycles. The van der Waals surface area contributed by atoms with Crippen LogP contribution in [0.5, 0.6) is 0 Å². The summed E-state index contributed by atoms with van der Waals surface area (Å²) in [6.45, 7) is 4.10. The molecule has 1 amide bonds. The molecule has 0 aliphatic carbocycles. The zero-order valence-electron chi connectivity index (χ0n) is 12.1. The van der Waals surface area contributed by atoms with E-state index in [-0.39, 0.29) is 12.5 Å². The molecular formula is C16H18N2O3. The molecule has 1 aromatic carbocycles. The summed E-state index contributed by atoms with van der Waals surface area (Å²) in [5.74, 6) is -1.66. The van der Waals surface area contributed by atoms with Crippen LogP contribution in [0.4, 0.5) is 0 Å². The van der Waals surface area contributed by atoms with E-state index in [4.69, 9.17) is 5.11 Å². The van der Waals surface area contributed by atoms with Crippen molar-refractivity contribution in [3.8, 4) is 0 Å². The monoisotopic (exact) mass is 286 g/mol. The molecule has 110 valence electrons. The molecular weight excluding hydrogens is 268 g/mol. The van der Waals surface area contributed by atoms with Gasteiger partial charge in [0.2, 0.25) is 0 Å². The number of carboxylic acid groups (broad SMARTS) is 1. The second-order valence-electron chi connectivity index (χ2n) is 4.96. The molecule has 21 heavy (non-hydrogen) atoms. The highest BCUT2D eigenvalue weighted by Gasteiger charge is 2.21. The van der Waals surface area contributed by atoms with Crippen molar-refractivity contribution in [2.45, 2.75) is 13.8 Å². The molecule has 1 N–H and O–H groups in total. The molecule has 0 aliphatic rings. The molecule has 5 heteroatoms. The molecule has 0 spiro atoms. The average molecular weight is 286 g/mol. The van der Waals surface area contributed by atoms with E-state index in [0.717, 1.165) is 10.9 Å². The first-order valence-electron chi connectivity index (χ1n) is 6.90. The Morgan fingerprint density at radius 3 is 2.67 bits per heavy atom. The topological polar surface area (TPSA) is 70.5 Å². The third-order valence-corrected chi connectivity index (χ3v) is 3.46. The van der Waals surface area contributed by atoms with Crippen molar-refractivity contribution in [3.63, 3.8) is 0 Å². The minimum Gasteiger partial charge on any atom is -0.481 e. The first-order chi connectivity index (χ1) is 10.0. The van der Waals surface area contributed by atoms with E-state index in [0.29, 0.717) is 12.1 Å². The van der Waals surface area contributed by atoms with Crippen molar-refractivity contribution in [2.24, 2.45) is 5.92 Å². The fraction of sp³-hybridized carbons (Fsp3) is 0.312. The van der Waals surface area contributed by atoms with Gasteiger partial charge in [-0.1, -0.05) is 25.1 Å². The van der Waals surface area contributed by atoms with Gasteiger partial charge in [0.05, 0.1) is 17.0 Å². The molecule has 0 saturated carbocycles. The normalized spacial score (nSPS) is 12.1. The molecule has 2 rings (SSSR count). The third kappa shape index (κ3) is 3.18. The highest BCUT2D eigenvalue weighted by molar-refractivity contribution is 6.06. The number of nitrogens with zero attached hydrogens (tertiary/aromatic N) is 2. The standard InChI is InChI=1S/C16H18N2O3/c1-3-18(10-11(2)16(20)21)15(19)13-8-9-17-14-7-5-4-6-12(13)14/h4-9,11H,3,10H2,1-2H3,(H,20,21). The summed E-state index contributed by atoms with van der Waals surface area (Å²) in [4.78, 5) is 29.4. The van der Waals surface area contributed by atoms with Crippen molar-refractivity contribution < 1.29 is 14.7 Å². The van der Waals surface area contributed by atoms with E-state index in [1.165, 1.54) is 0 Å². The number of carbonyl (C=O) groups excluding carboxylic acids is 1. The van der Waals surface area contributed by atoms with Gasteiger partial charge in [-0.05, 0) is 19.1 Å². The fourth-order valence-electron chi connectivity index (χ4n) is 2.22. The van der Waals surface area contributed by atoms with Gasteiger partial charge in [-0.25, -0.2) is 0 Å². The van der Waals surface area contributed by atoms with Crippen molar-refractivity contribution in [1.82, 2.24) is 9.88 Å². The van der Waals surface area contributed by atoms with Crippen LogP contribution in [0.3, 0.4) is 0 Å². The molecule has 1 aromatic heterocycles. The lowest BCUT2D eigenvalue weighted by molar-refractivity contribution is -0.141. The molecule has 1 heterocycles. The zero-order valence-corrected chi connectivity index (χ0v) is 12.1. The van der Waals surface area contributed by atoms with Crippen molar-refractivity contribution >= 4 is 22.8 Å². The first kappa shape index (κ1) is 15.0. The number of pyridine rings is 1. The minimum absolute atomic E-state index is 0.163. The summed E-state index contributed by atoms with van der Waals surface area (Å²) in [7, 11) is 0. The van der Waals surface area contributed by atoms with Crippen LogP contribution < -0.4 is 0 Å². The SMILES string of the molecule is CCN(CC(C)C(=O)O)C(=O)c1ccnc2ccccc12. The highest BCUT2D eigenvalue weighted by atomic mass is 16.4. The van der Waals surface area contributed by atoms with Gasteiger partial charge >= 0.3 is 5.97 Å². The number of para-hydroxylation sites is 1. The number of hydrogen-bond donors (Lipinski definition) is 1. The number of carboxylic acids is 1. The Morgan fingerprint density at radius 2 is 2.00 bits per heavy atom. The number of carbonyl (C=O) groups is 2. The van der Waals surface area contributed by atoms with Crippen LogP contribution in [0.2, 0.25) is 0 Å². The Labute approximate surface area is 123 Å². The van der Waals surface area contributed by atoms with Crippen LogP contribution in [-0.2, 0) is 4.79 Å². The number of hydrogen-bond acceptors (Lipinski definition) is 3. The third-order valence-electron chi connectivity index (χ3n) is 3.46. The van der Waals surface area contributed by atoms with Gasteiger partial charge in [-0.3, -0.25) is 14.6 Å². The summed E-state index contributed by atoms with van der Waals surface area (Å²) in [5.41, 5.74) is 1.31. The predicted octanol–water partition coefficient (Wildman–Crippen LogP) is 2.42. The lowest BCUT2D eigenvalue weighted by Crippen LogP contribution is -2.36. The van der Waals surface area contributed by atoms with E-state index >= 15 is 0 Å². The second kappa shape index (κ2) is 6.35.